The molecular weight excluding hydrogens is 700 g/mol. The molecule has 7 atom stereocenters. The lowest BCUT2D eigenvalue weighted by Gasteiger charge is -2.60. The van der Waals surface area contributed by atoms with Crippen molar-refractivity contribution in [3.63, 3.8) is 0 Å². The highest BCUT2D eigenvalue weighted by Gasteiger charge is 2.65. The van der Waals surface area contributed by atoms with Crippen LogP contribution in [-0.4, -0.2) is 91.2 Å². The second-order valence-corrected chi connectivity index (χ2v) is 16.6. The average Bonchev–Trinajstić information content (AvgIpc) is 3.18. The summed E-state index contributed by atoms with van der Waals surface area (Å²) in [5.41, 5.74) is 2.49. The van der Waals surface area contributed by atoms with Crippen molar-refractivity contribution in [1.29, 1.82) is 0 Å². The van der Waals surface area contributed by atoms with Gasteiger partial charge in [0.2, 0.25) is 12.1 Å². The molecule has 4 aliphatic rings. The SMILES string of the molecule is C=CCOc1ccc2c(c1)C1C(CCCCO)C(CCCCO)C=C3C(=NOC4CCCCO4)CC(N(CCC)C(=O)OCC(C)(C)C)C(OCC=C)(O2)C31. The molecule has 2 N–H and O–H groups in total. The van der Waals surface area contributed by atoms with Crippen LogP contribution in [0.1, 0.15) is 110 Å². The molecule has 7 unspecified atom stereocenters. The van der Waals surface area contributed by atoms with Crippen molar-refractivity contribution >= 4 is 11.8 Å². The van der Waals surface area contributed by atoms with E-state index in [1.54, 1.807) is 17.1 Å². The van der Waals surface area contributed by atoms with Gasteiger partial charge in [-0.15, -0.1) is 6.58 Å². The number of hydrogen-bond donors (Lipinski definition) is 2. The van der Waals surface area contributed by atoms with Crippen LogP contribution >= 0.6 is 0 Å². The van der Waals surface area contributed by atoms with Crippen molar-refractivity contribution in [2.45, 2.75) is 122 Å². The highest BCUT2D eigenvalue weighted by molar-refractivity contribution is 6.03. The number of nitrogens with zero attached hydrogens (tertiary/aromatic N) is 2. The minimum atomic E-state index is -1.34. The molecule has 11 nitrogen and oxygen atoms in total. The number of rotatable bonds is 20. The van der Waals surface area contributed by atoms with Gasteiger partial charge in [-0.2, -0.15) is 0 Å². The average molecular weight is 767 g/mol. The van der Waals surface area contributed by atoms with Gasteiger partial charge in [0.25, 0.3) is 0 Å². The molecule has 2 aliphatic carbocycles. The lowest BCUT2D eigenvalue weighted by Crippen LogP contribution is -2.70. The Kier molecular flexibility index (Phi) is 15.7. The number of carbonyl (C=O) groups excluding carboxylic acids is 1. The fourth-order valence-corrected chi connectivity index (χ4v) is 8.79. The fraction of sp³-hybridized carbons (Fsp3) is 0.682. The number of benzene rings is 1. The Morgan fingerprint density at radius 3 is 2.51 bits per heavy atom. The van der Waals surface area contributed by atoms with Gasteiger partial charge in [0.1, 0.15) is 24.1 Å². The van der Waals surface area contributed by atoms with E-state index in [9.17, 15) is 15.0 Å². The quantitative estimate of drug-likeness (QED) is 0.0765. The van der Waals surface area contributed by atoms with Crippen LogP contribution < -0.4 is 9.47 Å². The predicted molar refractivity (Wildman–Crippen MR) is 213 cm³/mol. The number of hydrogen-bond acceptors (Lipinski definition) is 10. The van der Waals surface area contributed by atoms with E-state index in [1.807, 2.05) is 39.8 Å². The van der Waals surface area contributed by atoms with Gasteiger partial charge in [0.05, 0.1) is 31.5 Å². The molecular formula is C44H66N2O9. The third-order valence-electron chi connectivity index (χ3n) is 11.1. The maximum atomic E-state index is 14.4. The third-order valence-corrected chi connectivity index (χ3v) is 11.1. The first-order chi connectivity index (χ1) is 26.6. The van der Waals surface area contributed by atoms with E-state index < -0.39 is 30.1 Å². The van der Waals surface area contributed by atoms with E-state index in [2.05, 4.69) is 25.3 Å². The molecule has 1 amide bonds. The monoisotopic (exact) mass is 766 g/mol. The second-order valence-electron chi connectivity index (χ2n) is 16.6. The van der Waals surface area contributed by atoms with Crippen LogP contribution in [0.4, 0.5) is 4.79 Å². The van der Waals surface area contributed by atoms with Crippen LogP contribution in [0, 0.1) is 23.2 Å². The van der Waals surface area contributed by atoms with Gasteiger partial charge in [-0.05, 0) is 86.0 Å². The number of aliphatic hydroxyl groups excluding tert-OH is 2. The maximum absolute atomic E-state index is 14.4. The van der Waals surface area contributed by atoms with Gasteiger partial charge < -0.3 is 38.7 Å². The minimum absolute atomic E-state index is 0.109. The van der Waals surface area contributed by atoms with Crippen molar-refractivity contribution < 1.29 is 43.5 Å². The van der Waals surface area contributed by atoms with Crippen LogP contribution in [0.5, 0.6) is 11.5 Å². The minimum Gasteiger partial charge on any atom is -0.490 e. The molecule has 1 aromatic rings. The third kappa shape index (κ3) is 10.3. The van der Waals surface area contributed by atoms with Crippen molar-refractivity contribution in [3.05, 3.63) is 60.7 Å². The highest BCUT2D eigenvalue weighted by atomic mass is 16.8. The van der Waals surface area contributed by atoms with E-state index >= 15 is 0 Å². The number of oxime groups is 1. The Labute approximate surface area is 328 Å². The zero-order valence-electron chi connectivity index (χ0n) is 33.7. The summed E-state index contributed by atoms with van der Waals surface area (Å²) in [6, 6.07) is 5.31. The summed E-state index contributed by atoms with van der Waals surface area (Å²) in [4.78, 5) is 22.4. The maximum Gasteiger partial charge on any atom is 0.410 e. The molecule has 0 bridgehead atoms. The Morgan fingerprint density at radius 1 is 1.07 bits per heavy atom. The van der Waals surface area contributed by atoms with E-state index in [-0.39, 0.29) is 49.6 Å². The van der Waals surface area contributed by atoms with Crippen LogP contribution in [0.15, 0.2) is 60.3 Å². The Hall–Kier alpha value is -3.38. The Bertz CT molecular complexity index is 1480. The smallest absolute Gasteiger partial charge is 0.410 e. The molecule has 306 valence electrons. The zero-order chi connectivity index (χ0) is 39.4. The first-order valence-corrected chi connectivity index (χ1v) is 20.6. The summed E-state index contributed by atoms with van der Waals surface area (Å²) in [5.74, 6) is -0.283. The number of amides is 1. The van der Waals surface area contributed by atoms with Crippen LogP contribution in [-0.2, 0) is 19.0 Å². The van der Waals surface area contributed by atoms with Crippen LogP contribution in [0.2, 0.25) is 0 Å². The van der Waals surface area contributed by atoms with Gasteiger partial charge in [-0.3, -0.25) is 4.90 Å². The summed E-state index contributed by atoms with van der Waals surface area (Å²) in [7, 11) is 0. The molecule has 1 aromatic carbocycles. The van der Waals surface area contributed by atoms with Crippen LogP contribution in [0.25, 0.3) is 0 Å². The number of allylic oxidation sites excluding steroid dienone is 1. The van der Waals surface area contributed by atoms with Gasteiger partial charge in [-0.1, -0.05) is 70.5 Å². The summed E-state index contributed by atoms with van der Waals surface area (Å²) in [5, 5.41) is 24.6. The standard InChI is InChI=1S/C44H66N2O9/c1-7-21-46(42(49)52-30-43(4,5)6)38-29-36(45-55-39-18-12-15-26-51-39)34-27-31(16-10-13-22-47)33(17-11-14-23-48)40-35-28-32(50-24-8-2)19-20-37(35)54-44(38,41(34)40)53-25-9-3/h8-9,19-20,27-28,31,33,38-41,47-48H,2-3,7,10-18,21-26,29-30H2,1,4-6H3. The molecule has 11 heteroatoms. The summed E-state index contributed by atoms with van der Waals surface area (Å²) in [6.07, 6.45) is 13.4. The van der Waals surface area contributed by atoms with Gasteiger partial charge in [0, 0.05) is 44.1 Å². The summed E-state index contributed by atoms with van der Waals surface area (Å²) >= 11 is 0. The summed E-state index contributed by atoms with van der Waals surface area (Å²) in [6.45, 7) is 18.1. The molecule has 2 heterocycles. The molecule has 1 saturated heterocycles. The van der Waals surface area contributed by atoms with E-state index in [0.29, 0.717) is 56.9 Å². The first kappa shape index (κ1) is 42.8. The van der Waals surface area contributed by atoms with Gasteiger partial charge in [-0.25, -0.2) is 4.79 Å². The van der Waals surface area contributed by atoms with E-state index in [0.717, 1.165) is 61.8 Å². The molecule has 0 radical (unpaired) electrons. The Morgan fingerprint density at radius 2 is 1.84 bits per heavy atom. The molecule has 0 spiro atoms. The van der Waals surface area contributed by atoms with E-state index in [1.165, 1.54) is 0 Å². The number of fused-ring (bicyclic) bond motifs is 2. The predicted octanol–water partition coefficient (Wildman–Crippen LogP) is 8.31. The molecule has 2 aliphatic heterocycles. The van der Waals surface area contributed by atoms with Crippen LogP contribution in [0.3, 0.4) is 0 Å². The lowest BCUT2D eigenvalue weighted by atomic mass is 9.55. The largest absolute Gasteiger partial charge is 0.490 e. The van der Waals surface area contributed by atoms with Crippen molar-refractivity contribution in [1.82, 2.24) is 4.90 Å². The van der Waals surface area contributed by atoms with Gasteiger partial charge in [0.15, 0.2) is 0 Å². The number of ether oxygens (including phenoxy) is 5. The number of aliphatic hydroxyl groups is 2. The van der Waals surface area contributed by atoms with E-state index in [4.69, 9.17) is 33.7 Å². The van der Waals surface area contributed by atoms with Crippen molar-refractivity contribution in [3.8, 4) is 11.5 Å². The summed E-state index contributed by atoms with van der Waals surface area (Å²) < 4.78 is 32.4. The second kappa shape index (κ2) is 20.2. The molecule has 2 fully saturated rings. The molecule has 5 rings (SSSR count). The number of carbonyl (C=O) groups is 1. The number of unbranched alkanes of at least 4 members (excludes halogenated alkanes) is 2. The molecule has 1 saturated carbocycles. The van der Waals surface area contributed by atoms with Crippen molar-refractivity contribution in [2.75, 3.05) is 46.2 Å². The van der Waals surface area contributed by atoms with Gasteiger partial charge >= 0.3 is 6.09 Å². The van der Waals surface area contributed by atoms with Crippen molar-refractivity contribution in [2.24, 2.45) is 28.3 Å². The normalized spacial score (nSPS) is 27.9. The lowest BCUT2D eigenvalue weighted by molar-refractivity contribution is -0.255. The molecule has 55 heavy (non-hydrogen) atoms. The Balaban J connectivity index is 1.76. The molecule has 0 aromatic heterocycles. The fourth-order valence-electron chi connectivity index (χ4n) is 8.79. The topological polar surface area (TPSA) is 129 Å². The highest BCUT2D eigenvalue weighted by Crippen LogP contribution is 2.62. The first-order valence-electron chi connectivity index (χ1n) is 20.6. The zero-order valence-corrected chi connectivity index (χ0v) is 33.7.